The number of sulfonamides is 2. The molecule has 7 nitrogen and oxygen atoms in total. The van der Waals surface area contributed by atoms with Gasteiger partial charge in [0.05, 0.1) is 26.9 Å². The first kappa shape index (κ1) is 22.3. The topological polar surface area (TPSA) is 105 Å². The number of hydrogen-bond acceptors (Lipinski definition) is 5. The quantitative estimate of drug-likeness (QED) is 0.375. The van der Waals surface area contributed by atoms with Crippen LogP contribution in [0.5, 0.6) is 0 Å². The third-order valence-electron chi connectivity index (χ3n) is 4.44. The van der Waals surface area contributed by atoms with Gasteiger partial charge in [0.25, 0.3) is 20.0 Å². The van der Waals surface area contributed by atoms with Crippen LogP contribution >= 0.6 is 23.2 Å². The lowest BCUT2D eigenvalue weighted by molar-refractivity contribution is 0.600. The van der Waals surface area contributed by atoms with Gasteiger partial charge < -0.3 is 0 Å². The number of hydrogen-bond donors (Lipinski definition) is 2. The molecular formula is C21H15Cl2N3O4S2. The summed E-state index contributed by atoms with van der Waals surface area (Å²) < 4.78 is 56.4. The number of fused-ring (bicyclic) bond motifs is 1. The second kappa shape index (κ2) is 8.59. The summed E-state index contributed by atoms with van der Waals surface area (Å²) in [6.45, 7) is 0. The molecule has 0 atom stereocenters. The first-order valence-corrected chi connectivity index (χ1v) is 12.8. The number of rotatable bonds is 6. The highest BCUT2D eigenvalue weighted by Gasteiger charge is 2.22. The SMILES string of the molecule is O=S(=O)(Nc1cccc(NS(=O)(=O)c2cccc3cccnc23)c1)c1c(Cl)cccc1Cl. The number of anilines is 2. The predicted molar refractivity (Wildman–Crippen MR) is 126 cm³/mol. The Labute approximate surface area is 195 Å². The zero-order valence-corrected chi connectivity index (χ0v) is 19.3. The average Bonchev–Trinajstić information content (AvgIpc) is 2.72. The monoisotopic (exact) mass is 507 g/mol. The molecule has 0 bridgehead atoms. The van der Waals surface area contributed by atoms with Crippen LogP contribution in [0.25, 0.3) is 10.9 Å². The Morgan fingerprint density at radius 3 is 1.94 bits per heavy atom. The van der Waals surface area contributed by atoms with Crippen molar-refractivity contribution in [3.63, 3.8) is 0 Å². The molecule has 0 aliphatic heterocycles. The summed E-state index contributed by atoms with van der Waals surface area (Å²) in [7, 11) is -8.12. The van der Waals surface area contributed by atoms with Gasteiger partial charge in [0.1, 0.15) is 9.79 Å². The maximum atomic E-state index is 13.0. The fourth-order valence-corrected chi connectivity index (χ4v) is 6.52. The van der Waals surface area contributed by atoms with Crippen molar-refractivity contribution in [3.05, 3.63) is 89.0 Å². The normalized spacial score (nSPS) is 11.9. The lowest BCUT2D eigenvalue weighted by Crippen LogP contribution is -2.16. The molecule has 11 heteroatoms. The molecule has 0 aliphatic carbocycles. The molecule has 3 aromatic carbocycles. The molecule has 0 unspecified atom stereocenters. The lowest BCUT2D eigenvalue weighted by atomic mass is 10.2. The van der Waals surface area contributed by atoms with Crippen LogP contribution in [0.1, 0.15) is 0 Å². The van der Waals surface area contributed by atoms with Crippen LogP contribution < -0.4 is 9.44 Å². The van der Waals surface area contributed by atoms with Crippen molar-refractivity contribution in [2.75, 3.05) is 9.44 Å². The highest BCUT2D eigenvalue weighted by Crippen LogP contribution is 2.31. The smallest absolute Gasteiger partial charge is 0.264 e. The second-order valence-corrected chi connectivity index (χ2v) is 10.8. The molecule has 164 valence electrons. The van der Waals surface area contributed by atoms with Gasteiger partial charge in [-0.25, -0.2) is 16.8 Å². The fraction of sp³-hybridized carbons (Fsp3) is 0. The van der Waals surface area contributed by atoms with E-state index in [-0.39, 0.29) is 31.2 Å². The van der Waals surface area contributed by atoms with Crippen LogP contribution in [0.15, 0.2) is 88.8 Å². The van der Waals surface area contributed by atoms with Crippen molar-refractivity contribution in [2.24, 2.45) is 0 Å². The minimum Gasteiger partial charge on any atom is -0.279 e. The Morgan fingerprint density at radius 1 is 0.688 bits per heavy atom. The Balaban J connectivity index is 1.65. The summed E-state index contributed by atoms with van der Waals surface area (Å²) >= 11 is 12.0. The van der Waals surface area contributed by atoms with Crippen molar-refractivity contribution in [2.45, 2.75) is 9.79 Å². The van der Waals surface area contributed by atoms with E-state index in [0.29, 0.717) is 10.9 Å². The number of halogens is 2. The number of aromatic nitrogens is 1. The highest BCUT2D eigenvalue weighted by atomic mass is 35.5. The Bertz CT molecular complexity index is 1520. The van der Waals surface area contributed by atoms with Crippen LogP contribution in [0.3, 0.4) is 0 Å². The van der Waals surface area contributed by atoms with Gasteiger partial charge in [-0.3, -0.25) is 14.4 Å². The summed E-state index contributed by atoms with van der Waals surface area (Å²) in [5.41, 5.74) is 0.605. The molecular weight excluding hydrogens is 493 g/mol. The van der Waals surface area contributed by atoms with E-state index in [1.165, 1.54) is 54.7 Å². The number of para-hydroxylation sites is 1. The van der Waals surface area contributed by atoms with E-state index in [0.717, 1.165) is 0 Å². The van der Waals surface area contributed by atoms with Crippen LogP contribution in [0.4, 0.5) is 11.4 Å². The van der Waals surface area contributed by atoms with E-state index >= 15 is 0 Å². The Kier molecular flexibility index (Phi) is 6.00. The minimum atomic E-state index is -4.12. The largest absolute Gasteiger partial charge is 0.279 e. The highest BCUT2D eigenvalue weighted by molar-refractivity contribution is 7.93. The predicted octanol–water partition coefficient (Wildman–Crippen LogP) is 5.14. The first-order valence-electron chi connectivity index (χ1n) is 9.11. The Hall–Kier alpha value is -2.85. The zero-order chi connectivity index (χ0) is 22.9. The number of pyridine rings is 1. The van der Waals surface area contributed by atoms with Gasteiger partial charge in [-0.2, -0.15) is 0 Å². The number of nitrogens with one attached hydrogen (secondary N) is 2. The first-order chi connectivity index (χ1) is 15.2. The van der Waals surface area contributed by atoms with Crippen LogP contribution in [-0.4, -0.2) is 21.8 Å². The molecule has 1 heterocycles. The molecule has 4 aromatic rings. The molecule has 0 aliphatic rings. The molecule has 0 fully saturated rings. The number of benzene rings is 3. The van der Waals surface area contributed by atoms with Crippen molar-refractivity contribution in [1.82, 2.24) is 4.98 Å². The summed E-state index contributed by atoms with van der Waals surface area (Å²) in [4.78, 5) is 3.91. The molecule has 0 saturated carbocycles. The van der Waals surface area contributed by atoms with E-state index in [1.54, 1.807) is 24.3 Å². The van der Waals surface area contributed by atoms with Gasteiger partial charge in [0, 0.05) is 11.6 Å². The summed E-state index contributed by atoms with van der Waals surface area (Å²) in [5, 5.41) is 0.601. The van der Waals surface area contributed by atoms with Gasteiger partial charge in [-0.1, -0.05) is 53.5 Å². The third kappa shape index (κ3) is 4.51. The average molecular weight is 508 g/mol. The minimum absolute atomic E-state index is 0.00410. The summed E-state index contributed by atoms with van der Waals surface area (Å²) in [5.74, 6) is 0. The maximum Gasteiger partial charge on any atom is 0.264 e. The van der Waals surface area contributed by atoms with Gasteiger partial charge in [-0.05, 0) is 42.5 Å². The standard InChI is InChI=1S/C21H15Cl2N3O4S2/c22-17-9-3-10-18(23)21(17)32(29,30)26-16-8-2-7-15(13-16)25-31(27,28)19-11-1-5-14-6-4-12-24-20(14)19/h1-13,25-26H. The van der Waals surface area contributed by atoms with Crippen LogP contribution in [0.2, 0.25) is 10.0 Å². The summed E-state index contributed by atoms with van der Waals surface area (Å²) in [6, 6.07) is 18.5. The Morgan fingerprint density at radius 2 is 1.25 bits per heavy atom. The van der Waals surface area contributed by atoms with Crippen LogP contribution in [0, 0.1) is 0 Å². The van der Waals surface area contributed by atoms with E-state index in [9.17, 15) is 16.8 Å². The van der Waals surface area contributed by atoms with Gasteiger partial charge in [0.2, 0.25) is 0 Å². The molecule has 0 radical (unpaired) electrons. The molecule has 0 spiro atoms. The molecule has 4 rings (SSSR count). The molecule has 1 aromatic heterocycles. The van der Waals surface area contributed by atoms with E-state index in [2.05, 4.69) is 14.4 Å². The second-order valence-electron chi connectivity index (χ2n) is 6.67. The number of nitrogens with zero attached hydrogens (tertiary/aromatic N) is 1. The van der Waals surface area contributed by atoms with Crippen molar-refractivity contribution >= 4 is 65.5 Å². The van der Waals surface area contributed by atoms with Gasteiger partial charge in [0.15, 0.2) is 0 Å². The summed E-state index contributed by atoms with van der Waals surface area (Å²) in [6.07, 6.45) is 1.51. The molecule has 0 amide bonds. The van der Waals surface area contributed by atoms with Crippen molar-refractivity contribution in [3.8, 4) is 0 Å². The fourth-order valence-electron chi connectivity index (χ4n) is 3.09. The maximum absolute atomic E-state index is 13.0. The van der Waals surface area contributed by atoms with Crippen LogP contribution in [-0.2, 0) is 20.0 Å². The lowest BCUT2D eigenvalue weighted by Gasteiger charge is -2.13. The van der Waals surface area contributed by atoms with Crippen molar-refractivity contribution in [1.29, 1.82) is 0 Å². The molecule has 2 N–H and O–H groups in total. The van der Waals surface area contributed by atoms with E-state index in [1.807, 2.05) is 0 Å². The molecule has 0 saturated heterocycles. The van der Waals surface area contributed by atoms with Gasteiger partial charge in [-0.15, -0.1) is 0 Å². The van der Waals surface area contributed by atoms with Crippen molar-refractivity contribution < 1.29 is 16.8 Å². The van der Waals surface area contributed by atoms with E-state index < -0.39 is 20.0 Å². The molecule has 32 heavy (non-hydrogen) atoms. The zero-order valence-electron chi connectivity index (χ0n) is 16.2. The van der Waals surface area contributed by atoms with Gasteiger partial charge >= 0.3 is 0 Å². The van der Waals surface area contributed by atoms with E-state index in [4.69, 9.17) is 23.2 Å². The third-order valence-corrected chi connectivity index (χ3v) is 8.19.